The molecule has 0 spiro atoms. The van der Waals surface area contributed by atoms with Gasteiger partial charge >= 0.3 is 0 Å². The second-order valence-corrected chi connectivity index (χ2v) is 7.93. The predicted octanol–water partition coefficient (Wildman–Crippen LogP) is 5.08. The van der Waals surface area contributed by atoms with Crippen molar-refractivity contribution in [1.29, 1.82) is 0 Å². The zero-order chi connectivity index (χ0) is 24.0. The third kappa shape index (κ3) is 4.77. The van der Waals surface area contributed by atoms with E-state index in [1.54, 1.807) is 13.3 Å². The lowest BCUT2D eigenvalue weighted by Gasteiger charge is -2.11. The van der Waals surface area contributed by atoms with Crippen molar-refractivity contribution >= 4 is 34.2 Å². The van der Waals surface area contributed by atoms with Crippen LogP contribution in [0, 0.1) is 0 Å². The fourth-order valence-corrected chi connectivity index (χ4v) is 4.04. The minimum Gasteiger partial charge on any atom is -0.493 e. The maximum Gasteiger partial charge on any atom is 0.265 e. The Balaban J connectivity index is 1.27. The average Bonchev–Trinajstić information content (AvgIpc) is 3.22. The van der Waals surface area contributed by atoms with Crippen LogP contribution < -0.4 is 14.9 Å². The number of benzene rings is 3. The Morgan fingerprint density at radius 3 is 2.63 bits per heavy atom. The van der Waals surface area contributed by atoms with E-state index in [0.29, 0.717) is 24.1 Å². The lowest BCUT2D eigenvalue weighted by molar-refractivity contribution is 0.297. The van der Waals surface area contributed by atoms with Crippen LogP contribution in [0.4, 0.5) is 5.95 Å². The van der Waals surface area contributed by atoms with Gasteiger partial charge in [0.05, 0.1) is 25.4 Å². The zero-order valence-corrected chi connectivity index (χ0v) is 19.7. The van der Waals surface area contributed by atoms with E-state index < -0.39 is 0 Å². The molecule has 0 aliphatic rings. The van der Waals surface area contributed by atoms with E-state index in [0.717, 1.165) is 40.6 Å². The molecule has 0 radical (unpaired) electrons. The number of para-hydroxylation sites is 1. The van der Waals surface area contributed by atoms with Gasteiger partial charge in [0, 0.05) is 18.4 Å². The highest BCUT2D eigenvalue weighted by molar-refractivity contribution is 6.04. The van der Waals surface area contributed by atoms with Crippen molar-refractivity contribution in [2.75, 3.05) is 19.1 Å². The van der Waals surface area contributed by atoms with Gasteiger partial charge in [-0.1, -0.05) is 48.5 Å². The first-order valence-corrected chi connectivity index (χ1v) is 11.5. The monoisotopic (exact) mass is 466 g/mol. The first-order valence-electron chi connectivity index (χ1n) is 11.5. The summed E-state index contributed by atoms with van der Waals surface area (Å²) in [5.41, 5.74) is 7.61. The van der Waals surface area contributed by atoms with Gasteiger partial charge in [0.1, 0.15) is 5.52 Å². The van der Waals surface area contributed by atoms with Crippen molar-refractivity contribution in [2.24, 2.45) is 5.10 Å². The smallest absolute Gasteiger partial charge is 0.265 e. The van der Waals surface area contributed by atoms with Crippen LogP contribution in [-0.4, -0.2) is 39.7 Å². The van der Waals surface area contributed by atoms with Crippen LogP contribution in [0.25, 0.3) is 22.1 Å². The third-order valence-electron chi connectivity index (χ3n) is 5.75. The Kier molecular flexibility index (Phi) is 6.52. The number of nitrogens with one attached hydrogen (secondary N) is 1. The van der Waals surface area contributed by atoms with Crippen molar-refractivity contribution in [3.05, 3.63) is 83.9 Å². The van der Waals surface area contributed by atoms with E-state index in [4.69, 9.17) is 9.47 Å². The second kappa shape index (κ2) is 10.2. The average molecular weight is 467 g/mol. The van der Waals surface area contributed by atoms with Gasteiger partial charge in [-0.2, -0.15) is 10.1 Å². The Bertz CT molecular complexity index is 1480. The van der Waals surface area contributed by atoms with Crippen molar-refractivity contribution < 1.29 is 9.47 Å². The summed E-state index contributed by atoms with van der Waals surface area (Å²) in [5, 5.41) is 13.9. The molecule has 2 heterocycles. The van der Waals surface area contributed by atoms with E-state index in [9.17, 15) is 0 Å². The molecule has 0 unspecified atom stereocenters. The van der Waals surface area contributed by atoms with Crippen LogP contribution in [0.2, 0.25) is 0 Å². The molecule has 3 aromatic carbocycles. The van der Waals surface area contributed by atoms with Crippen LogP contribution in [0.1, 0.15) is 18.1 Å². The molecule has 0 bridgehead atoms. The van der Waals surface area contributed by atoms with Gasteiger partial charge in [-0.05, 0) is 42.3 Å². The SMILES string of the molecule is CCn1c2ccccc2c2nnc(N/N=C/c3ccc(OCCc4ccccc4)c(OC)c3)nc21. The fraction of sp³-hybridized carbons (Fsp3) is 0.185. The number of aromatic nitrogens is 4. The molecule has 35 heavy (non-hydrogen) atoms. The number of anilines is 1. The molecular formula is C27H26N6O2. The summed E-state index contributed by atoms with van der Waals surface area (Å²) in [7, 11) is 1.63. The van der Waals surface area contributed by atoms with E-state index >= 15 is 0 Å². The van der Waals surface area contributed by atoms with Gasteiger partial charge in [0.25, 0.3) is 5.95 Å². The van der Waals surface area contributed by atoms with E-state index in [2.05, 4.69) is 55.4 Å². The van der Waals surface area contributed by atoms with Gasteiger partial charge in [-0.25, -0.2) is 5.43 Å². The summed E-state index contributed by atoms with van der Waals surface area (Å²) < 4.78 is 13.6. The first kappa shape index (κ1) is 22.3. The lowest BCUT2D eigenvalue weighted by atomic mass is 10.2. The molecule has 5 aromatic rings. The molecule has 0 saturated heterocycles. The van der Waals surface area contributed by atoms with Crippen LogP contribution >= 0.6 is 0 Å². The van der Waals surface area contributed by atoms with Crippen LogP contribution in [0.15, 0.2) is 77.9 Å². The van der Waals surface area contributed by atoms with E-state index in [-0.39, 0.29) is 0 Å². The number of ether oxygens (including phenoxy) is 2. The van der Waals surface area contributed by atoms with E-state index in [1.165, 1.54) is 5.56 Å². The molecule has 0 aliphatic heterocycles. The van der Waals surface area contributed by atoms with Gasteiger partial charge in [-0.3, -0.25) is 0 Å². The number of rotatable bonds is 9. The molecule has 0 atom stereocenters. The number of hydrogen-bond donors (Lipinski definition) is 1. The van der Waals surface area contributed by atoms with Crippen molar-refractivity contribution in [1.82, 2.24) is 19.7 Å². The number of fused-ring (bicyclic) bond motifs is 3. The Morgan fingerprint density at radius 2 is 1.80 bits per heavy atom. The predicted molar refractivity (Wildman–Crippen MR) is 138 cm³/mol. The summed E-state index contributed by atoms with van der Waals surface area (Å²) in [6.45, 7) is 3.43. The number of methoxy groups -OCH3 is 1. The highest BCUT2D eigenvalue weighted by Crippen LogP contribution is 2.28. The third-order valence-corrected chi connectivity index (χ3v) is 5.75. The molecule has 0 amide bonds. The summed E-state index contributed by atoms with van der Waals surface area (Å²) in [6.07, 6.45) is 2.51. The zero-order valence-electron chi connectivity index (χ0n) is 19.7. The molecular weight excluding hydrogens is 440 g/mol. The van der Waals surface area contributed by atoms with Gasteiger partial charge in [-0.15, -0.1) is 10.2 Å². The molecule has 8 nitrogen and oxygen atoms in total. The molecule has 0 fully saturated rings. The fourth-order valence-electron chi connectivity index (χ4n) is 4.04. The topological polar surface area (TPSA) is 86.5 Å². The molecule has 2 aromatic heterocycles. The summed E-state index contributed by atoms with van der Waals surface area (Å²) in [5.74, 6) is 1.67. The minimum absolute atomic E-state index is 0.332. The molecule has 176 valence electrons. The highest BCUT2D eigenvalue weighted by Gasteiger charge is 2.13. The van der Waals surface area contributed by atoms with Crippen molar-refractivity contribution in [3.63, 3.8) is 0 Å². The molecule has 8 heteroatoms. The summed E-state index contributed by atoms with van der Waals surface area (Å²) in [6, 6.07) is 24.0. The number of hydrazone groups is 1. The lowest BCUT2D eigenvalue weighted by Crippen LogP contribution is -2.03. The van der Waals surface area contributed by atoms with Crippen LogP contribution in [0.5, 0.6) is 11.5 Å². The molecule has 1 N–H and O–H groups in total. The normalized spacial score (nSPS) is 11.4. The standard InChI is InChI=1S/C27H26N6O2/c1-3-33-22-12-8-7-11-21(22)25-26(33)29-27(32-30-25)31-28-18-20-13-14-23(24(17-20)34-2)35-16-15-19-9-5-4-6-10-19/h4-14,17-18H,3,15-16H2,1-2H3,(H,29,31,32)/b28-18+. The highest BCUT2D eigenvalue weighted by atomic mass is 16.5. The summed E-state index contributed by atoms with van der Waals surface area (Å²) in [4.78, 5) is 4.64. The van der Waals surface area contributed by atoms with Crippen molar-refractivity contribution in [3.8, 4) is 11.5 Å². The van der Waals surface area contributed by atoms with Gasteiger partial charge in [0.2, 0.25) is 0 Å². The Hall–Kier alpha value is -4.46. The first-order chi connectivity index (χ1) is 17.3. The van der Waals surface area contributed by atoms with Crippen LogP contribution in [0.3, 0.4) is 0 Å². The summed E-state index contributed by atoms with van der Waals surface area (Å²) >= 11 is 0. The largest absolute Gasteiger partial charge is 0.493 e. The van der Waals surface area contributed by atoms with Crippen molar-refractivity contribution in [2.45, 2.75) is 19.9 Å². The Morgan fingerprint density at radius 1 is 0.971 bits per heavy atom. The maximum atomic E-state index is 5.93. The van der Waals surface area contributed by atoms with Crippen LogP contribution in [-0.2, 0) is 13.0 Å². The van der Waals surface area contributed by atoms with E-state index in [1.807, 2.05) is 54.6 Å². The van der Waals surface area contributed by atoms with Gasteiger partial charge < -0.3 is 14.0 Å². The Labute approximate surface area is 203 Å². The quantitative estimate of drug-likeness (QED) is 0.241. The maximum absolute atomic E-state index is 5.93. The molecule has 0 saturated carbocycles. The molecule has 5 rings (SSSR count). The second-order valence-electron chi connectivity index (χ2n) is 7.93. The number of nitrogens with zero attached hydrogens (tertiary/aromatic N) is 5. The number of hydrogen-bond acceptors (Lipinski definition) is 7. The molecule has 0 aliphatic carbocycles. The number of aryl methyl sites for hydroxylation is 1. The minimum atomic E-state index is 0.332. The van der Waals surface area contributed by atoms with Gasteiger partial charge in [0.15, 0.2) is 17.1 Å².